The summed E-state index contributed by atoms with van der Waals surface area (Å²) in [4.78, 5) is 5.62. The molecule has 2 heteroatoms. The van der Waals surface area contributed by atoms with Crippen LogP contribution >= 0.6 is 11.3 Å². The number of aromatic nitrogens is 1. The van der Waals surface area contributed by atoms with Crippen molar-refractivity contribution in [2.75, 3.05) is 0 Å². The zero-order valence-electron chi connectivity index (χ0n) is 16.4. The topological polar surface area (TPSA) is 12.9 Å². The molecule has 26 heavy (non-hydrogen) atoms. The first-order chi connectivity index (χ1) is 12.6. The molecule has 0 aliphatic heterocycles. The van der Waals surface area contributed by atoms with Gasteiger partial charge in [0, 0.05) is 12.1 Å². The van der Waals surface area contributed by atoms with Crippen LogP contribution < -0.4 is 0 Å². The number of benzene rings is 1. The monoisotopic (exact) mass is 365 g/mol. The molecule has 0 saturated heterocycles. The van der Waals surface area contributed by atoms with Gasteiger partial charge in [-0.2, -0.15) is 0 Å². The van der Waals surface area contributed by atoms with E-state index in [-0.39, 0.29) is 0 Å². The van der Waals surface area contributed by atoms with Crippen LogP contribution in [0.3, 0.4) is 0 Å². The SMILES string of the molecule is C=C(C)C1CCC(C)=CC1c1ccc(CCCCC)c(-c2cncs2)c1. The van der Waals surface area contributed by atoms with Gasteiger partial charge in [0.1, 0.15) is 0 Å². The van der Waals surface area contributed by atoms with E-state index in [0.29, 0.717) is 11.8 Å². The third-order valence-corrected chi connectivity index (χ3v) is 6.45. The maximum atomic E-state index is 4.33. The predicted molar refractivity (Wildman–Crippen MR) is 115 cm³/mol. The Morgan fingerprint density at radius 3 is 2.85 bits per heavy atom. The summed E-state index contributed by atoms with van der Waals surface area (Å²) >= 11 is 1.75. The van der Waals surface area contributed by atoms with Crippen molar-refractivity contribution in [1.82, 2.24) is 4.98 Å². The lowest BCUT2D eigenvalue weighted by atomic mass is 9.74. The average molecular weight is 366 g/mol. The summed E-state index contributed by atoms with van der Waals surface area (Å²) in [7, 11) is 0. The lowest BCUT2D eigenvalue weighted by Crippen LogP contribution is -2.17. The van der Waals surface area contributed by atoms with Gasteiger partial charge in [-0.15, -0.1) is 11.3 Å². The van der Waals surface area contributed by atoms with Gasteiger partial charge in [0.2, 0.25) is 0 Å². The van der Waals surface area contributed by atoms with Crippen molar-refractivity contribution in [2.24, 2.45) is 5.92 Å². The maximum absolute atomic E-state index is 4.33. The third kappa shape index (κ3) is 4.35. The molecule has 1 aliphatic rings. The Hall–Kier alpha value is -1.67. The second-order valence-corrected chi connectivity index (χ2v) is 8.66. The molecule has 138 valence electrons. The summed E-state index contributed by atoms with van der Waals surface area (Å²) in [6.45, 7) is 11.0. The van der Waals surface area contributed by atoms with Crippen LogP contribution in [-0.2, 0) is 6.42 Å². The molecule has 0 bridgehead atoms. The van der Waals surface area contributed by atoms with E-state index in [2.05, 4.69) is 56.6 Å². The first kappa shape index (κ1) is 19.1. The van der Waals surface area contributed by atoms with E-state index < -0.39 is 0 Å². The van der Waals surface area contributed by atoms with Gasteiger partial charge in [-0.1, -0.05) is 55.7 Å². The lowest BCUT2D eigenvalue weighted by Gasteiger charge is -2.31. The fourth-order valence-electron chi connectivity index (χ4n) is 4.11. The van der Waals surface area contributed by atoms with E-state index in [4.69, 9.17) is 0 Å². The Bertz CT molecular complexity index is 770. The van der Waals surface area contributed by atoms with Crippen molar-refractivity contribution in [3.8, 4) is 10.4 Å². The lowest BCUT2D eigenvalue weighted by molar-refractivity contribution is 0.483. The van der Waals surface area contributed by atoms with Crippen LogP contribution in [0.4, 0.5) is 0 Å². The summed E-state index contributed by atoms with van der Waals surface area (Å²) in [5.41, 5.74) is 9.05. The van der Waals surface area contributed by atoms with Gasteiger partial charge in [-0.25, -0.2) is 0 Å². The Morgan fingerprint density at radius 2 is 2.15 bits per heavy atom. The molecule has 0 N–H and O–H groups in total. The second kappa shape index (κ2) is 8.81. The largest absolute Gasteiger partial charge is 0.252 e. The number of thiazole rings is 1. The Kier molecular flexibility index (Phi) is 6.48. The van der Waals surface area contributed by atoms with E-state index in [0.717, 1.165) is 6.42 Å². The summed E-state index contributed by atoms with van der Waals surface area (Å²) in [5.74, 6) is 1.01. The fourth-order valence-corrected chi connectivity index (χ4v) is 4.79. The van der Waals surface area contributed by atoms with Crippen molar-refractivity contribution in [3.05, 3.63) is 64.8 Å². The molecule has 1 aromatic heterocycles. The zero-order chi connectivity index (χ0) is 18.5. The van der Waals surface area contributed by atoms with E-state index in [1.807, 2.05) is 11.7 Å². The number of aryl methyl sites for hydroxylation is 1. The molecule has 0 saturated carbocycles. The zero-order valence-corrected chi connectivity index (χ0v) is 17.2. The van der Waals surface area contributed by atoms with Crippen molar-refractivity contribution in [2.45, 2.75) is 65.2 Å². The molecule has 2 unspecified atom stereocenters. The predicted octanol–water partition coefficient (Wildman–Crippen LogP) is 7.56. The van der Waals surface area contributed by atoms with Crippen LogP contribution in [0.25, 0.3) is 10.4 Å². The number of unbranched alkanes of at least 4 members (excludes halogenated alkanes) is 2. The molecule has 1 nitrogen and oxygen atoms in total. The molecule has 1 heterocycles. The highest BCUT2D eigenvalue weighted by atomic mass is 32.1. The molecular weight excluding hydrogens is 334 g/mol. The summed E-state index contributed by atoms with van der Waals surface area (Å²) in [6.07, 6.45) is 11.9. The fraction of sp³-hybridized carbons (Fsp3) is 0.458. The first-order valence-electron chi connectivity index (χ1n) is 9.94. The quantitative estimate of drug-likeness (QED) is 0.364. The molecule has 1 aliphatic carbocycles. The Morgan fingerprint density at radius 1 is 1.31 bits per heavy atom. The van der Waals surface area contributed by atoms with Crippen molar-refractivity contribution < 1.29 is 0 Å². The first-order valence-corrected chi connectivity index (χ1v) is 10.8. The van der Waals surface area contributed by atoms with Gasteiger partial charge in [-0.05, 0) is 68.2 Å². The molecule has 1 aromatic carbocycles. The maximum Gasteiger partial charge on any atom is 0.0797 e. The highest BCUT2D eigenvalue weighted by Crippen LogP contribution is 2.41. The van der Waals surface area contributed by atoms with Crippen LogP contribution in [-0.4, -0.2) is 4.98 Å². The number of nitrogens with zero attached hydrogens (tertiary/aromatic N) is 1. The summed E-state index contributed by atoms with van der Waals surface area (Å²) in [5, 5.41) is 0. The van der Waals surface area contributed by atoms with E-state index in [9.17, 15) is 0 Å². The standard InChI is InChI=1S/C24H31NS/c1-5-6-7-8-19-10-11-20(14-23(19)24-15-25-16-26-24)22-13-18(4)9-12-21(22)17(2)3/h10-11,13-16,21-22H,2,5-9,12H2,1,3-4H3. The van der Waals surface area contributed by atoms with Crippen LogP contribution in [0, 0.1) is 5.92 Å². The highest BCUT2D eigenvalue weighted by Gasteiger charge is 2.26. The average Bonchev–Trinajstić information content (AvgIpc) is 3.16. The van der Waals surface area contributed by atoms with Gasteiger partial charge >= 0.3 is 0 Å². The van der Waals surface area contributed by atoms with Crippen molar-refractivity contribution in [3.63, 3.8) is 0 Å². The second-order valence-electron chi connectivity index (χ2n) is 7.77. The van der Waals surface area contributed by atoms with Crippen LogP contribution in [0.2, 0.25) is 0 Å². The number of hydrogen-bond donors (Lipinski definition) is 0. The molecular formula is C24H31NS. The van der Waals surface area contributed by atoms with Gasteiger partial charge in [0.15, 0.2) is 0 Å². The van der Waals surface area contributed by atoms with Gasteiger partial charge in [0.05, 0.1) is 10.4 Å². The number of allylic oxidation sites excluding steroid dienone is 3. The molecule has 3 rings (SSSR count). The molecule has 2 aromatic rings. The van der Waals surface area contributed by atoms with E-state index in [1.165, 1.54) is 64.8 Å². The Labute approximate surface area is 162 Å². The minimum Gasteiger partial charge on any atom is -0.252 e. The van der Waals surface area contributed by atoms with Crippen molar-refractivity contribution in [1.29, 1.82) is 0 Å². The highest BCUT2D eigenvalue weighted by molar-refractivity contribution is 7.13. The summed E-state index contributed by atoms with van der Waals surface area (Å²) in [6, 6.07) is 7.17. The van der Waals surface area contributed by atoms with Crippen molar-refractivity contribution >= 4 is 11.3 Å². The number of rotatable bonds is 7. The van der Waals surface area contributed by atoms with E-state index >= 15 is 0 Å². The molecule has 0 radical (unpaired) electrons. The van der Waals surface area contributed by atoms with Gasteiger partial charge in [-0.3, -0.25) is 4.98 Å². The molecule has 0 spiro atoms. The summed E-state index contributed by atoms with van der Waals surface area (Å²) < 4.78 is 0. The minimum absolute atomic E-state index is 0.456. The van der Waals surface area contributed by atoms with Crippen LogP contribution in [0.15, 0.2) is 53.7 Å². The smallest absolute Gasteiger partial charge is 0.0797 e. The van der Waals surface area contributed by atoms with Gasteiger partial charge in [0.25, 0.3) is 0 Å². The number of hydrogen-bond acceptors (Lipinski definition) is 2. The normalized spacial score (nSPS) is 20.0. The Balaban J connectivity index is 1.99. The van der Waals surface area contributed by atoms with Gasteiger partial charge < -0.3 is 0 Å². The minimum atomic E-state index is 0.456. The third-order valence-electron chi connectivity index (χ3n) is 5.65. The molecule has 0 amide bonds. The van der Waals surface area contributed by atoms with E-state index in [1.54, 1.807) is 11.3 Å². The van der Waals surface area contributed by atoms with Crippen LogP contribution in [0.5, 0.6) is 0 Å². The molecule has 2 atom stereocenters. The molecule has 0 fully saturated rings. The van der Waals surface area contributed by atoms with Crippen LogP contribution in [0.1, 0.15) is 69.9 Å².